The Kier molecular flexibility index (Phi) is 4.47. The molecule has 0 bridgehead atoms. The van der Waals surface area contributed by atoms with Crippen LogP contribution >= 0.6 is 0 Å². The van der Waals surface area contributed by atoms with E-state index in [2.05, 4.69) is 22.5 Å². The van der Waals surface area contributed by atoms with Crippen LogP contribution in [0.15, 0.2) is 54.6 Å². The molecule has 0 fully saturated rings. The van der Waals surface area contributed by atoms with E-state index in [4.69, 9.17) is 0 Å². The van der Waals surface area contributed by atoms with Gasteiger partial charge in [0.1, 0.15) is 0 Å². The van der Waals surface area contributed by atoms with Crippen LogP contribution in [0.2, 0.25) is 0 Å². The van der Waals surface area contributed by atoms with E-state index >= 15 is 0 Å². The zero-order valence-corrected chi connectivity index (χ0v) is 14.2. The topological polar surface area (TPSA) is 46.9 Å². The number of aryl methyl sites for hydroxylation is 2. The average molecular weight is 319 g/mol. The van der Waals surface area contributed by atoms with E-state index in [0.717, 1.165) is 22.6 Å². The quantitative estimate of drug-likeness (QED) is 0.786. The summed E-state index contributed by atoms with van der Waals surface area (Å²) in [5.74, 6) is -0.0986. The first-order valence-electron chi connectivity index (χ1n) is 8.01. The van der Waals surface area contributed by atoms with Gasteiger partial charge in [0.25, 0.3) is 5.91 Å². The minimum atomic E-state index is -0.0986. The second kappa shape index (κ2) is 6.71. The van der Waals surface area contributed by atoms with Crippen molar-refractivity contribution in [1.29, 1.82) is 0 Å². The molecule has 0 aliphatic heterocycles. The van der Waals surface area contributed by atoms with Gasteiger partial charge in [-0.25, -0.2) is 0 Å². The Hall–Kier alpha value is -2.88. The molecule has 1 N–H and O–H groups in total. The Bertz CT molecular complexity index is 866. The summed E-state index contributed by atoms with van der Waals surface area (Å²) in [6, 6.07) is 17.8. The van der Waals surface area contributed by atoms with Crippen LogP contribution in [0.1, 0.15) is 32.9 Å². The van der Waals surface area contributed by atoms with E-state index in [1.165, 1.54) is 5.56 Å². The Morgan fingerprint density at radius 3 is 2.38 bits per heavy atom. The SMILES string of the molecule is Cc1ccccc1C(=O)Nc1c(C)nn(Cc2ccccc2)c1C. The van der Waals surface area contributed by atoms with Crippen molar-refractivity contribution < 1.29 is 4.79 Å². The second-order valence-corrected chi connectivity index (χ2v) is 5.96. The van der Waals surface area contributed by atoms with Crippen molar-refractivity contribution in [1.82, 2.24) is 9.78 Å². The summed E-state index contributed by atoms with van der Waals surface area (Å²) in [7, 11) is 0. The maximum Gasteiger partial charge on any atom is 0.256 e. The highest BCUT2D eigenvalue weighted by Crippen LogP contribution is 2.22. The van der Waals surface area contributed by atoms with Crippen molar-refractivity contribution in [3.8, 4) is 0 Å². The van der Waals surface area contributed by atoms with Crippen LogP contribution in [-0.2, 0) is 6.54 Å². The first kappa shape index (κ1) is 16.0. The summed E-state index contributed by atoms with van der Waals surface area (Å²) in [6.45, 7) is 6.53. The van der Waals surface area contributed by atoms with Crippen LogP contribution in [0.25, 0.3) is 0 Å². The largest absolute Gasteiger partial charge is 0.319 e. The van der Waals surface area contributed by atoms with Crippen molar-refractivity contribution in [3.63, 3.8) is 0 Å². The van der Waals surface area contributed by atoms with Gasteiger partial charge in [0, 0.05) is 5.56 Å². The molecule has 122 valence electrons. The van der Waals surface area contributed by atoms with Crippen LogP contribution in [-0.4, -0.2) is 15.7 Å². The van der Waals surface area contributed by atoms with Gasteiger partial charge in [-0.2, -0.15) is 5.10 Å². The Morgan fingerprint density at radius 2 is 1.67 bits per heavy atom. The van der Waals surface area contributed by atoms with Gasteiger partial charge in [0.2, 0.25) is 0 Å². The monoisotopic (exact) mass is 319 g/mol. The van der Waals surface area contributed by atoms with Gasteiger partial charge in [-0.15, -0.1) is 0 Å². The van der Waals surface area contributed by atoms with Crippen molar-refractivity contribution >= 4 is 11.6 Å². The van der Waals surface area contributed by atoms with Crippen molar-refractivity contribution in [2.24, 2.45) is 0 Å². The molecule has 2 aromatic carbocycles. The molecule has 0 unspecified atom stereocenters. The predicted molar refractivity (Wildman–Crippen MR) is 96.4 cm³/mol. The maximum atomic E-state index is 12.6. The molecule has 4 heteroatoms. The highest BCUT2D eigenvalue weighted by Gasteiger charge is 2.16. The molecule has 3 aromatic rings. The number of nitrogens with one attached hydrogen (secondary N) is 1. The molecule has 0 saturated heterocycles. The molecule has 0 aliphatic rings. The number of amides is 1. The Labute approximate surface area is 142 Å². The van der Waals surface area contributed by atoms with Crippen LogP contribution < -0.4 is 5.32 Å². The first-order valence-corrected chi connectivity index (χ1v) is 8.01. The predicted octanol–water partition coefficient (Wildman–Crippen LogP) is 4.11. The molecule has 0 spiro atoms. The minimum absolute atomic E-state index is 0.0986. The lowest BCUT2D eigenvalue weighted by Gasteiger charge is -2.09. The standard InChI is InChI=1S/C20H21N3O/c1-14-9-7-8-12-18(14)20(24)21-19-15(2)22-23(16(19)3)13-17-10-5-4-6-11-17/h4-12H,13H2,1-3H3,(H,21,24). The average Bonchev–Trinajstić information content (AvgIpc) is 2.83. The van der Waals surface area contributed by atoms with Gasteiger partial charge in [-0.1, -0.05) is 48.5 Å². The third kappa shape index (κ3) is 3.23. The maximum absolute atomic E-state index is 12.6. The summed E-state index contributed by atoms with van der Waals surface area (Å²) in [5, 5.41) is 7.60. The molecule has 0 atom stereocenters. The van der Waals surface area contributed by atoms with Gasteiger partial charge in [0.05, 0.1) is 23.6 Å². The summed E-state index contributed by atoms with van der Waals surface area (Å²) in [5.41, 5.74) is 5.40. The number of aromatic nitrogens is 2. The van der Waals surface area contributed by atoms with Gasteiger partial charge < -0.3 is 5.32 Å². The highest BCUT2D eigenvalue weighted by atomic mass is 16.1. The molecule has 1 aromatic heterocycles. The number of benzene rings is 2. The fraction of sp³-hybridized carbons (Fsp3) is 0.200. The summed E-state index contributed by atoms with van der Waals surface area (Å²) < 4.78 is 1.93. The van der Waals surface area contributed by atoms with Crippen molar-refractivity contribution in [2.75, 3.05) is 5.32 Å². The third-order valence-electron chi connectivity index (χ3n) is 4.18. The lowest BCUT2D eigenvalue weighted by atomic mass is 10.1. The number of carbonyl (C=O) groups excluding carboxylic acids is 1. The van der Waals surface area contributed by atoms with Crippen molar-refractivity contribution in [3.05, 3.63) is 82.7 Å². The number of rotatable bonds is 4. The molecule has 0 aliphatic carbocycles. The Balaban J connectivity index is 1.84. The number of nitrogens with zero attached hydrogens (tertiary/aromatic N) is 2. The smallest absolute Gasteiger partial charge is 0.256 e. The van der Waals surface area contributed by atoms with Crippen LogP contribution in [0, 0.1) is 20.8 Å². The minimum Gasteiger partial charge on any atom is -0.319 e. The first-order chi connectivity index (χ1) is 11.6. The second-order valence-electron chi connectivity index (χ2n) is 5.96. The zero-order valence-electron chi connectivity index (χ0n) is 14.2. The van der Waals surface area contributed by atoms with Gasteiger partial charge in [-0.05, 0) is 38.0 Å². The summed E-state index contributed by atoms with van der Waals surface area (Å²) in [4.78, 5) is 12.6. The Morgan fingerprint density at radius 1 is 1.00 bits per heavy atom. The molecular formula is C20H21N3O. The van der Waals surface area contributed by atoms with Gasteiger partial charge >= 0.3 is 0 Å². The normalized spacial score (nSPS) is 10.6. The zero-order chi connectivity index (χ0) is 17.1. The molecule has 24 heavy (non-hydrogen) atoms. The fourth-order valence-corrected chi connectivity index (χ4v) is 2.80. The van der Waals surface area contributed by atoms with E-state index in [-0.39, 0.29) is 5.91 Å². The van der Waals surface area contributed by atoms with E-state index < -0.39 is 0 Å². The molecule has 0 saturated carbocycles. The summed E-state index contributed by atoms with van der Waals surface area (Å²) >= 11 is 0. The number of anilines is 1. The molecule has 4 nitrogen and oxygen atoms in total. The molecule has 1 heterocycles. The molecule has 0 radical (unpaired) electrons. The number of carbonyl (C=O) groups is 1. The molecule has 1 amide bonds. The van der Waals surface area contributed by atoms with E-state index in [9.17, 15) is 4.79 Å². The molecule has 3 rings (SSSR count). The van der Waals surface area contributed by atoms with E-state index in [0.29, 0.717) is 12.1 Å². The highest BCUT2D eigenvalue weighted by molar-refractivity contribution is 6.05. The third-order valence-corrected chi connectivity index (χ3v) is 4.18. The fourth-order valence-electron chi connectivity index (χ4n) is 2.80. The van der Waals surface area contributed by atoms with Crippen LogP contribution in [0.4, 0.5) is 5.69 Å². The van der Waals surface area contributed by atoms with Crippen molar-refractivity contribution in [2.45, 2.75) is 27.3 Å². The van der Waals surface area contributed by atoms with Crippen LogP contribution in [0.3, 0.4) is 0 Å². The summed E-state index contributed by atoms with van der Waals surface area (Å²) in [6.07, 6.45) is 0. The van der Waals surface area contributed by atoms with Gasteiger partial charge in [-0.3, -0.25) is 9.48 Å². The molecular weight excluding hydrogens is 298 g/mol. The van der Waals surface area contributed by atoms with E-state index in [1.54, 1.807) is 0 Å². The number of hydrogen-bond donors (Lipinski definition) is 1. The lowest BCUT2D eigenvalue weighted by Crippen LogP contribution is -2.14. The van der Waals surface area contributed by atoms with E-state index in [1.807, 2.05) is 67.9 Å². The van der Waals surface area contributed by atoms with Crippen LogP contribution in [0.5, 0.6) is 0 Å². The number of hydrogen-bond acceptors (Lipinski definition) is 2. The van der Waals surface area contributed by atoms with Gasteiger partial charge in [0.15, 0.2) is 0 Å². The lowest BCUT2D eigenvalue weighted by molar-refractivity contribution is 0.102.